The number of hydrogen-bond acceptors (Lipinski definition) is 4. The molecule has 1 rings (SSSR count). The number of aromatic nitrogens is 1. The minimum atomic E-state index is -1.21. The van der Waals surface area contributed by atoms with Gasteiger partial charge in [0.05, 0.1) is 12.7 Å². The summed E-state index contributed by atoms with van der Waals surface area (Å²) in [7, 11) is 0. The van der Waals surface area contributed by atoms with Crippen LogP contribution in [0.25, 0.3) is 0 Å². The highest BCUT2D eigenvalue weighted by Crippen LogP contribution is 2.16. The van der Waals surface area contributed by atoms with Gasteiger partial charge in [0.15, 0.2) is 6.39 Å². The van der Waals surface area contributed by atoms with Crippen LogP contribution in [0.1, 0.15) is 26.5 Å². The van der Waals surface area contributed by atoms with Crippen molar-refractivity contribution in [3.63, 3.8) is 0 Å². The van der Waals surface area contributed by atoms with Crippen LogP contribution < -0.4 is 5.11 Å². The largest absolute Gasteiger partial charge is 0.530 e. The topological polar surface area (TPSA) is 69.4 Å². The normalized spacial score (nSPS) is 11.4. The molecule has 0 fully saturated rings. The first-order valence-electron chi connectivity index (χ1n) is 4.27. The summed E-state index contributed by atoms with van der Waals surface area (Å²) < 4.78 is 4.97. The van der Waals surface area contributed by atoms with E-state index in [4.69, 9.17) is 4.42 Å². The molecule has 0 radical (unpaired) electrons. The fraction of sp³-hybridized carbons (Fsp3) is 0.556. The quantitative estimate of drug-likeness (QED) is 0.696. The molecule has 1 aromatic heterocycles. The van der Waals surface area contributed by atoms with Crippen LogP contribution in [0, 0.1) is 0 Å². The summed E-state index contributed by atoms with van der Waals surface area (Å²) in [4.78, 5) is 15.7. The Bertz CT molecular complexity index is 300. The summed E-state index contributed by atoms with van der Waals surface area (Å²) in [6.07, 6.45) is 1.54. The molecular formula is C9H13N2O3-. The molecule has 14 heavy (non-hydrogen) atoms. The van der Waals surface area contributed by atoms with Crippen molar-refractivity contribution in [1.82, 2.24) is 9.88 Å². The molecule has 0 unspecified atom stereocenters. The average molecular weight is 197 g/mol. The summed E-state index contributed by atoms with van der Waals surface area (Å²) in [6.45, 7) is 5.53. The van der Waals surface area contributed by atoms with Gasteiger partial charge >= 0.3 is 0 Å². The van der Waals surface area contributed by atoms with Crippen molar-refractivity contribution in [2.75, 3.05) is 0 Å². The van der Waals surface area contributed by atoms with Crippen LogP contribution in [0.2, 0.25) is 0 Å². The van der Waals surface area contributed by atoms with E-state index in [0.29, 0.717) is 5.76 Å². The summed E-state index contributed by atoms with van der Waals surface area (Å²) in [5, 5.41) is 10.8. The number of carbonyl (C=O) groups excluding carboxylic acids is 1. The van der Waals surface area contributed by atoms with Gasteiger partial charge in [-0.2, -0.15) is 0 Å². The molecule has 0 bridgehead atoms. The minimum Gasteiger partial charge on any atom is -0.530 e. The third kappa shape index (κ3) is 2.48. The number of nitrogens with zero attached hydrogens (tertiary/aromatic N) is 2. The Morgan fingerprint density at radius 1 is 1.64 bits per heavy atom. The number of carbonyl (C=O) groups is 1. The van der Waals surface area contributed by atoms with Crippen molar-refractivity contribution in [2.24, 2.45) is 0 Å². The lowest BCUT2D eigenvalue weighted by molar-refractivity contribution is -0.271. The van der Waals surface area contributed by atoms with Crippen molar-refractivity contribution in [2.45, 2.75) is 32.9 Å². The van der Waals surface area contributed by atoms with Crippen molar-refractivity contribution in [1.29, 1.82) is 0 Å². The lowest BCUT2D eigenvalue weighted by atomic mass is 10.1. The summed E-state index contributed by atoms with van der Waals surface area (Å²) >= 11 is 0. The van der Waals surface area contributed by atoms with Crippen LogP contribution in [0.3, 0.4) is 0 Å². The van der Waals surface area contributed by atoms with Gasteiger partial charge in [0.2, 0.25) is 0 Å². The number of oxazole rings is 1. The van der Waals surface area contributed by atoms with Crippen molar-refractivity contribution < 1.29 is 14.3 Å². The Labute approximate surface area is 82.4 Å². The highest BCUT2D eigenvalue weighted by Gasteiger charge is 2.22. The molecule has 1 amide bonds. The Kier molecular flexibility index (Phi) is 2.78. The first kappa shape index (κ1) is 10.6. The molecule has 0 aliphatic heterocycles. The van der Waals surface area contributed by atoms with E-state index in [1.54, 1.807) is 20.8 Å². The van der Waals surface area contributed by atoms with Gasteiger partial charge in [-0.05, 0) is 20.8 Å². The standard InChI is InChI=1S/C9H14N2O3/c1-9(2,3)11(8(12)13)5-7-4-10-6-14-7/h4,6H,5H2,1-3H3,(H,12,13)/p-1. The van der Waals surface area contributed by atoms with Gasteiger partial charge in [-0.25, -0.2) is 4.98 Å². The molecular weight excluding hydrogens is 184 g/mol. The lowest BCUT2D eigenvalue weighted by Gasteiger charge is -2.37. The van der Waals surface area contributed by atoms with Crippen LogP contribution >= 0.6 is 0 Å². The number of carboxylic acid groups (broad SMARTS) is 1. The number of rotatable bonds is 2. The summed E-state index contributed by atoms with van der Waals surface area (Å²) in [6, 6.07) is 0. The maximum Gasteiger partial charge on any atom is 0.180 e. The second-order valence-corrected chi connectivity index (χ2v) is 3.99. The average Bonchev–Trinajstić information content (AvgIpc) is 2.48. The van der Waals surface area contributed by atoms with E-state index < -0.39 is 11.6 Å². The van der Waals surface area contributed by atoms with Crippen LogP contribution in [0.15, 0.2) is 17.0 Å². The van der Waals surface area contributed by atoms with Crippen molar-refractivity contribution >= 4 is 6.09 Å². The zero-order chi connectivity index (χ0) is 10.8. The van der Waals surface area contributed by atoms with E-state index >= 15 is 0 Å². The van der Waals surface area contributed by atoms with Crippen LogP contribution in [-0.2, 0) is 6.54 Å². The van der Waals surface area contributed by atoms with Gasteiger partial charge < -0.3 is 19.2 Å². The maximum absolute atomic E-state index is 10.8. The Balaban J connectivity index is 2.76. The predicted octanol–water partition coefficient (Wildman–Crippen LogP) is 0.618. The zero-order valence-corrected chi connectivity index (χ0v) is 8.48. The summed E-state index contributed by atoms with van der Waals surface area (Å²) in [5.74, 6) is 0.504. The molecule has 0 saturated carbocycles. The van der Waals surface area contributed by atoms with Gasteiger partial charge in [0.1, 0.15) is 11.9 Å². The first-order chi connectivity index (χ1) is 6.41. The molecule has 0 spiro atoms. The zero-order valence-electron chi connectivity index (χ0n) is 8.48. The minimum absolute atomic E-state index is 0.159. The van der Waals surface area contributed by atoms with Gasteiger partial charge in [-0.1, -0.05) is 0 Å². The second-order valence-electron chi connectivity index (χ2n) is 3.99. The van der Waals surface area contributed by atoms with Gasteiger partial charge in [0.25, 0.3) is 0 Å². The molecule has 1 aromatic rings. The van der Waals surface area contributed by atoms with E-state index in [0.717, 1.165) is 0 Å². The third-order valence-electron chi connectivity index (χ3n) is 1.83. The molecule has 0 aliphatic rings. The van der Waals surface area contributed by atoms with E-state index in [1.165, 1.54) is 17.5 Å². The highest BCUT2D eigenvalue weighted by molar-refractivity contribution is 5.63. The number of amides is 1. The summed E-state index contributed by atoms with van der Waals surface area (Å²) in [5.41, 5.74) is -0.508. The molecule has 1 heterocycles. The Morgan fingerprint density at radius 2 is 2.29 bits per heavy atom. The fourth-order valence-corrected chi connectivity index (χ4v) is 1.05. The van der Waals surface area contributed by atoms with Crippen molar-refractivity contribution in [3.8, 4) is 0 Å². The molecule has 5 heteroatoms. The fourth-order valence-electron chi connectivity index (χ4n) is 1.05. The van der Waals surface area contributed by atoms with Crippen molar-refractivity contribution in [3.05, 3.63) is 18.4 Å². The molecule has 5 nitrogen and oxygen atoms in total. The maximum atomic E-state index is 10.8. The second kappa shape index (κ2) is 3.69. The molecule has 0 aliphatic carbocycles. The van der Waals surface area contributed by atoms with E-state index in [2.05, 4.69) is 4.98 Å². The molecule has 0 saturated heterocycles. The molecule has 78 valence electrons. The smallest absolute Gasteiger partial charge is 0.180 e. The predicted molar refractivity (Wildman–Crippen MR) is 47.2 cm³/mol. The van der Waals surface area contributed by atoms with Gasteiger partial charge in [-0.15, -0.1) is 0 Å². The molecule has 0 aromatic carbocycles. The van der Waals surface area contributed by atoms with Crippen LogP contribution in [-0.4, -0.2) is 21.5 Å². The Morgan fingerprint density at radius 3 is 2.64 bits per heavy atom. The van der Waals surface area contributed by atoms with Gasteiger partial charge in [-0.3, -0.25) is 0 Å². The molecule has 0 atom stereocenters. The van der Waals surface area contributed by atoms with Crippen LogP contribution in [0.5, 0.6) is 0 Å². The SMILES string of the molecule is CC(C)(C)N(Cc1cnco1)C(=O)[O-]. The van der Waals surface area contributed by atoms with E-state index in [-0.39, 0.29) is 6.54 Å². The van der Waals surface area contributed by atoms with E-state index in [1.807, 2.05) is 0 Å². The Hall–Kier alpha value is -1.52. The molecule has 0 N–H and O–H groups in total. The van der Waals surface area contributed by atoms with Crippen LogP contribution in [0.4, 0.5) is 4.79 Å². The third-order valence-corrected chi connectivity index (χ3v) is 1.83. The highest BCUT2D eigenvalue weighted by atomic mass is 16.4. The first-order valence-corrected chi connectivity index (χ1v) is 4.27. The number of hydrogen-bond donors (Lipinski definition) is 0. The van der Waals surface area contributed by atoms with Gasteiger partial charge in [0, 0.05) is 5.54 Å². The monoisotopic (exact) mass is 197 g/mol. The lowest BCUT2D eigenvalue weighted by Crippen LogP contribution is -2.50. The van der Waals surface area contributed by atoms with E-state index in [9.17, 15) is 9.90 Å².